The molecule has 0 aromatic heterocycles. The predicted octanol–water partition coefficient (Wildman–Crippen LogP) is -0.353. The molecule has 0 spiro atoms. The summed E-state index contributed by atoms with van der Waals surface area (Å²) in [5, 5.41) is 32.5. The summed E-state index contributed by atoms with van der Waals surface area (Å²) in [6.45, 7) is 8.66. The number of hydrogen-bond donors (Lipinski definition) is 5. The van der Waals surface area contributed by atoms with E-state index in [9.17, 15) is 9.59 Å². The standard InChI is InChI=1S/C7H17N.C4H6O6/c1-6(8)5-7(2,3)4;5-1(3(7)8)2(6)4(9)10/h6H,5,8H2,1-4H3;1-2,5-6H,(H,7,8)(H,9,10)/t6-;1-,2-/m11/s1. The first-order chi connectivity index (χ1) is 7.88. The molecule has 0 aliphatic heterocycles. The molecule has 0 heterocycles. The summed E-state index contributed by atoms with van der Waals surface area (Å²) in [6.07, 6.45) is -3.43. The zero-order valence-corrected chi connectivity index (χ0v) is 11.1. The van der Waals surface area contributed by atoms with Crippen LogP contribution in [-0.2, 0) is 9.59 Å². The molecular formula is C11H23NO6. The Labute approximate surface area is 106 Å². The average molecular weight is 265 g/mol. The smallest absolute Gasteiger partial charge is 0.335 e. The van der Waals surface area contributed by atoms with Crippen LogP contribution in [0.15, 0.2) is 0 Å². The maximum Gasteiger partial charge on any atom is 0.335 e. The maximum atomic E-state index is 9.77. The normalized spacial score (nSPS) is 15.9. The minimum Gasteiger partial charge on any atom is -0.479 e. The van der Waals surface area contributed by atoms with E-state index >= 15 is 0 Å². The van der Waals surface area contributed by atoms with Crippen LogP contribution in [0.25, 0.3) is 0 Å². The third-order valence-electron chi connectivity index (χ3n) is 1.74. The lowest BCUT2D eigenvalue weighted by Gasteiger charge is -2.19. The molecule has 7 nitrogen and oxygen atoms in total. The Morgan fingerprint density at radius 2 is 1.33 bits per heavy atom. The summed E-state index contributed by atoms with van der Waals surface area (Å²) in [5.41, 5.74) is 5.98. The van der Waals surface area contributed by atoms with E-state index in [1.807, 2.05) is 6.92 Å². The van der Waals surface area contributed by atoms with Crippen molar-refractivity contribution in [2.45, 2.75) is 52.4 Å². The number of carboxylic acid groups (broad SMARTS) is 2. The summed E-state index contributed by atoms with van der Waals surface area (Å²) >= 11 is 0. The summed E-state index contributed by atoms with van der Waals surface area (Å²) < 4.78 is 0. The van der Waals surface area contributed by atoms with Crippen molar-refractivity contribution in [3.63, 3.8) is 0 Å². The molecule has 0 saturated carbocycles. The molecule has 0 rings (SSSR count). The van der Waals surface area contributed by atoms with Gasteiger partial charge in [-0.1, -0.05) is 20.8 Å². The van der Waals surface area contributed by atoms with Gasteiger partial charge in [-0.15, -0.1) is 0 Å². The van der Waals surface area contributed by atoms with Gasteiger partial charge in [0.15, 0.2) is 12.2 Å². The number of carboxylic acids is 2. The molecule has 0 aliphatic carbocycles. The SMILES string of the molecule is C[C@@H](N)CC(C)(C)C.O=C(O)[C@H](O)[C@@H](O)C(=O)O. The van der Waals surface area contributed by atoms with Crippen molar-refractivity contribution in [1.29, 1.82) is 0 Å². The minimum absolute atomic E-state index is 0.343. The molecule has 0 aromatic carbocycles. The Hall–Kier alpha value is -1.18. The summed E-state index contributed by atoms with van der Waals surface area (Å²) in [7, 11) is 0. The van der Waals surface area contributed by atoms with Crippen molar-refractivity contribution in [3.8, 4) is 0 Å². The molecule has 7 heteroatoms. The van der Waals surface area contributed by atoms with Gasteiger partial charge in [0.2, 0.25) is 0 Å². The van der Waals surface area contributed by atoms with Crippen LogP contribution in [0.1, 0.15) is 34.1 Å². The highest BCUT2D eigenvalue weighted by Crippen LogP contribution is 2.19. The highest BCUT2D eigenvalue weighted by molar-refractivity contribution is 5.83. The van der Waals surface area contributed by atoms with Crippen LogP contribution >= 0.6 is 0 Å². The van der Waals surface area contributed by atoms with Crippen molar-refractivity contribution in [3.05, 3.63) is 0 Å². The fraction of sp³-hybridized carbons (Fsp3) is 0.818. The number of aliphatic hydroxyl groups excluding tert-OH is 2. The molecule has 6 N–H and O–H groups in total. The molecule has 0 radical (unpaired) electrons. The van der Waals surface area contributed by atoms with Crippen molar-refractivity contribution in [1.82, 2.24) is 0 Å². The van der Waals surface area contributed by atoms with Crippen LogP contribution in [0.5, 0.6) is 0 Å². The lowest BCUT2D eigenvalue weighted by Crippen LogP contribution is -2.39. The summed E-state index contributed by atoms with van der Waals surface area (Å²) in [5.74, 6) is -3.54. The quantitative estimate of drug-likeness (QED) is 0.467. The monoisotopic (exact) mass is 265 g/mol. The number of hydrogen-bond acceptors (Lipinski definition) is 5. The van der Waals surface area contributed by atoms with Crippen molar-refractivity contribution >= 4 is 11.9 Å². The zero-order chi connectivity index (χ0) is 15.1. The molecule has 0 aliphatic rings. The van der Waals surface area contributed by atoms with Gasteiger partial charge < -0.3 is 26.2 Å². The highest BCUT2D eigenvalue weighted by atomic mass is 16.4. The van der Waals surface area contributed by atoms with Gasteiger partial charge in [-0.05, 0) is 18.8 Å². The van der Waals surface area contributed by atoms with Gasteiger partial charge in [-0.25, -0.2) is 9.59 Å². The predicted molar refractivity (Wildman–Crippen MR) is 65.0 cm³/mol. The van der Waals surface area contributed by atoms with E-state index in [2.05, 4.69) is 20.8 Å². The summed E-state index contributed by atoms with van der Waals surface area (Å²) in [4.78, 5) is 19.5. The van der Waals surface area contributed by atoms with Crippen molar-refractivity contribution < 1.29 is 30.0 Å². The van der Waals surface area contributed by atoms with Crippen molar-refractivity contribution in [2.24, 2.45) is 11.1 Å². The van der Waals surface area contributed by atoms with E-state index in [-0.39, 0.29) is 0 Å². The Morgan fingerprint density at radius 3 is 1.39 bits per heavy atom. The van der Waals surface area contributed by atoms with E-state index in [1.54, 1.807) is 0 Å². The second-order valence-electron chi connectivity index (χ2n) is 5.31. The van der Waals surface area contributed by atoms with E-state index in [0.717, 1.165) is 6.42 Å². The topological polar surface area (TPSA) is 141 Å². The molecule has 18 heavy (non-hydrogen) atoms. The second kappa shape index (κ2) is 8.02. The zero-order valence-electron chi connectivity index (χ0n) is 11.1. The molecule has 0 saturated heterocycles. The Balaban J connectivity index is 0. The van der Waals surface area contributed by atoms with Gasteiger partial charge in [0.1, 0.15) is 0 Å². The molecule has 108 valence electrons. The van der Waals surface area contributed by atoms with Crippen LogP contribution in [0.4, 0.5) is 0 Å². The number of aliphatic carboxylic acids is 2. The fourth-order valence-electron chi connectivity index (χ4n) is 1.24. The second-order valence-corrected chi connectivity index (χ2v) is 5.31. The van der Waals surface area contributed by atoms with E-state index < -0.39 is 24.1 Å². The van der Waals surface area contributed by atoms with E-state index in [0.29, 0.717) is 11.5 Å². The Morgan fingerprint density at radius 1 is 1.06 bits per heavy atom. The molecular weight excluding hydrogens is 242 g/mol. The van der Waals surface area contributed by atoms with Crippen molar-refractivity contribution in [2.75, 3.05) is 0 Å². The van der Waals surface area contributed by atoms with Gasteiger partial charge in [0.05, 0.1) is 0 Å². The number of aliphatic hydroxyl groups is 2. The third kappa shape index (κ3) is 11.3. The van der Waals surface area contributed by atoms with E-state index in [1.165, 1.54) is 0 Å². The average Bonchev–Trinajstić information content (AvgIpc) is 2.11. The van der Waals surface area contributed by atoms with Crippen LogP contribution in [0, 0.1) is 5.41 Å². The third-order valence-corrected chi connectivity index (χ3v) is 1.74. The van der Waals surface area contributed by atoms with Gasteiger partial charge in [-0.3, -0.25) is 0 Å². The molecule has 0 amide bonds. The van der Waals surface area contributed by atoms with Gasteiger partial charge >= 0.3 is 11.9 Å². The molecule has 0 unspecified atom stereocenters. The van der Waals surface area contributed by atoms with Crippen LogP contribution in [-0.4, -0.2) is 50.6 Å². The number of nitrogens with two attached hydrogens (primary N) is 1. The molecule has 0 fully saturated rings. The lowest BCUT2D eigenvalue weighted by atomic mass is 9.89. The Kier molecular flexibility index (Phi) is 8.54. The number of carbonyl (C=O) groups is 2. The minimum atomic E-state index is -2.27. The first-order valence-electron chi connectivity index (χ1n) is 5.46. The maximum absolute atomic E-state index is 9.77. The van der Waals surface area contributed by atoms with Crippen LogP contribution in [0.2, 0.25) is 0 Å². The number of rotatable bonds is 4. The molecule has 3 atom stereocenters. The largest absolute Gasteiger partial charge is 0.479 e. The van der Waals surface area contributed by atoms with Gasteiger partial charge in [-0.2, -0.15) is 0 Å². The van der Waals surface area contributed by atoms with Crippen LogP contribution < -0.4 is 5.73 Å². The van der Waals surface area contributed by atoms with Gasteiger partial charge in [0, 0.05) is 6.04 Å². The first-order valence-corrected chi connectivity index (χ1v) is 5.46. The molecule has 0 aromatic rings. The lowest BCUT2D eigenvalue weighted by molar-refractivity contribution is -0.165. The molecule has 0 bridgehead atoms. The van der Waals surface area contributed by atoms with E-state index in [4.69, 9.17) is 26.2 Å². The first kappa shape index (κ1) is 19.2. The van der Waals surface area contributed by atoms with Crippen LogP contribution in [0.3, 0.4) is 0 Å². The highest BCUT2D eigenvalue weighted by Gasteiger charge is 2.29. The Bertz CT molecular complexity index is 253. The summed E-state index contributed by atoms with van der Waals surface area (Å²) in [6, 6.07) is 0.343. The van der Waals surface area contributed by atoms with Gasteiger partial charge in [0.25, 0.3) is 0 Å². The fourth-order valence-corrected chi connectivity index (χ4v) is 1.24.